The molecule has 0 heterocycles. The molecule has 7 nitrogen and oxygen atoms in total. The van der Waals surface area contributed by atoms with Crippen molar-refractivity contribution in [1.29, 1.82) is 0 Å². The number of carbonyl (C=O) groups is 1. The first-order chi connectivity index (χ1) is 13.0. The SMILES string of the molecule is O=C(Oc1ccc(N([O-])O)cc1)N(Cc1ccccc1O)c1ccccc1. The Bertz CT molecular complexity index is 898. The van der Waals surface area contributed by atoms with Gasteiger partial charge in [0.15, 0.2) is 0 Å². The van der Waals surface area contributed by atoms with Gasteiger partial charge < -0.3 is 20.3 Å². The fourth-order valence-electron chi connectivity index (χ4n) is 2.48. The molecule has 0 aliphatic rings. The lowest BCUT2D eigenvalue weighted by Gasteiger charge is -2.23. The molecule has 0 bridgehead atoms. The van der Waals surface area contributed by atoms with Crippen LogP contribution >= 0.6 is 0 Å². The number of nitrogens with zero attached hydrogens (tertiary/aromatic N) is 2. The molecule has 0 spiro atoms. The second-order valence-electron chi connectivity index (χ2n) is 5.69. The maximum absolute atomic E-state index is 12.7. The number of phenols is 1. The molecule has 138 valence electrons. The van der Waals surface area contributed by atoms with E-state index in [1.54, 1.807) is 48.5 Å². The first kappa shape index (κ1) is 18.2. The van der Waals surface area contributed by atoms with Crippen LogP contribution in [0.1, 0.15) is 5.56 Å². The number of amides is 1. The quantitative estimate of drug-likeness (QED) is 0.655. The van der Waals surface area contributed by atoms with Crippen molar-refractivity contribution in [3.63, 3.8) is 0 Å². The maximum Gasteiger partial charge on any atom is 0.420 e. The molecule has 27 heavy (non-hydrogen) atoms. The topological polar surface area (TPSA) is 96.3 Å². The van der Waals surface area contributed by atoms with Crippen LogP contribution < -0.4 is 14.9 Å². The minimum atomic E-state index is -0.653. The smallest absolute Gasteiger partial charge is 0.420 e. The zero-order chi connectivity index (χ0) is 19.2. The number of hydrogen-bond donors (Lipinski definition) is 2. The van der Waals surface area contributed by atoms with E-state index in [-0.39, 0.29) is 29.0 Å². The maximum atomic E-state index is 12.7. The first-order valence-corrected chi connectivity index (χ1v) is 8.12. The van der Waals surface area contributed by atoms with Gasteiger partial charge in [-0.3, -0.25) is 10.1 Å². The van der Waals surface area contributed by atoms with Crippen LogP contribution in [0.2, 0.25) is 0 Å². The number of para-hydroxylation sites is 2. The van der Waals surface area contributed by atoms with E-state index in [2.05, 4.69) is 0 Å². The summed E-state index contributed by atoms with van der Waals surface area (Å²) >= 11 is 0. The molecule has 3 aromatic rings. The molecule has 3 aromatic carbocycles. The summed E-state index contributed by atoms with van der Waals surface area (Å²) in [7, 11) is 0. The standard InChI is InChI=1S/C20H17N2O5/c23-19-9-5-4-6-15(19)14-21(16-7-2-1-3-8-16)20(24)27-18-12-10-17(11-13-18)22(25)26/h1-13,23,25H,14H2/q-1. The van der Waals surface area contributed by atoms with E-state index in [4.69, 9.17) is 9.94 Å². The van der Waals surface area contributed by atoms with Gasteiger partial charge in [-0.15, -0.1) is 0 Å². The summed E-state index contributed by atoms with van der Waals surface area (Å²) < 4.78 is 5.38. The largest absolute Gasteiger partial charge is 0.733 e. The van der Waals surface area contributed by atoms with Crippen molar-refractivity contribution in [3.8, 4) is 11.5 Å². The van der Waals surface area contributed by atoms with Gasteiger partial charge in [0.05, 0.1) is 12.2 Å². The number of aromatic hydroxyl groups is 1. The Morgan fingerprint density at radius 1 is 0.889 bits per heavy atom. The molecule has 0 unspecified atom stereocenters. The van der Waals surface area contributed by atoms with Crippen LogP contribution in [0, 0.1) is 5.21 Å². The number of phenolic OH excluding ortho intramolecular Hbond substituents is 1. The van der Waals surface area contributed by atoms with Crippen LogP contribution in [0.15, 0.2) is 78.9 Å². The van der Waals surface area contributed by atoms with E-state index in [0.717, 1.165) is 0 Å². The zero-order valence-corrected chi connectivity index (χ0v) is 14.2. The molecule has 0 aromatic heterocycles. The fourth-order valence-corrected chi connectivity index (χ4v) is 2.48. The Hall–Kier alpha value is -3.55. The molecule has 7 heteroatoms. The number of rotatable bonds is 5. The van der Waals surface area contributed by atoms with Gasteiger partial charge in [0.2, 0.25) is 0 Å². The minimum Gasteiger partial charge on any atom is -0.733 e. The summed E-state index contributed by atoms with van der Waals surface area (Å²) in [6, 6.07) is 21.1. The third kappa shape index (κ3) is 4.55. The highest BCUT2D eigenvalue weighted by Gasteiger charge is 2.20. The molecule has 0 radical (unpaired) electrons. The van der Waals surface area contributed by atoms with Crippen LogP contribution in [0.5, 0.6) is 11.5 Å². The highest BCUT2D eigenvalue weighted by atomic mass is 16.8. The highest BCUT2D eigenvalue weighted by Crippen LogP contribution is 2.24. The Labute approximate surface area is 155 Å². The van der Waals surface area contributed by atoms with Crippen LogP contribution in [0.4, 0.5) is 16.2 Å². The summed E-state index contributed by atoms with van der Waals surface area (Å²) in [4.78, 5) is 14.1. The van der Waals surface area contributed by atoms with Gasteiger partial charge in [0, 0.05) is 11.3 Å². The van der Waals surface area contributed by atoms with Gasteiger partial charge in [-0.1, -0.05) is 36.4 Å². The van der Waals surface area contributed by atoms with Crippen LogP contribution in [0.3, 0.4) is 0 Å². The Morgan fingerprint density at radius 3 is 2.15 bits per heavy atom. The lowest BCUT2D eigenvalue weighted by molar-refractivity contribution is 0.207. The highest BCUT2D eigenvalue weighted by molar-refractivity contribution is 5.89. The number of carbonyl (C=O) groups excluding carboxylic acids is 1. The molecule has 2 N–H and O–H groups in total. The molecular weight excluding hydrogens is 348 g/mol. The Morgan fingerprint density at radius 2 is 1.52 bits per heavy atom. The summed E-state index contributed by atoms with van der Waals surface area (Å²) in [5.74, 6) is 0.290. The molecule has 0 saturated carbocycles. The molecule has 0 atom stereocenters. The minimum absolute atomic E-state index is 0.0175. The molecule has 0 fully saturated rings. The van der Waals surface area contributed by atoms with Gasteiger partial charge in [-0.25, -0.2) is 4.79 Å². The number of hydrogen-bond acceptors (Lipinski definition) is 6. The molecule has 0 aliphatic carbocycles. The average Bonchev–Trinajstić information content (AvgIpc) is 2.68. The van der Waals surface area contributed by atoms with E-state index in [0.29, 0.717) is 11.3 Å². The summed E-state index contributed by atoms with van der Waals surface area (Å²) in [6.45, 7) is 0.110. The van der Waals surface area contributed by atoms with E-state index >= 15 is 0 Å². The number of ether oxygens (including phenoxy) is 1. The monoisotopic (exact) mass is 365 g/mol. The van der Waals surface area contributed by atoms with Gasteiger partial charge >= 0.3 is 6.09 Å². The molecule has 0 aliphatic heterocycles. The first-order valence-electron chi connectivity index (χ1n) is 8.12. The van der Waals surface area contributed by atoms with Crippen molar-refractivity contribution in [2.75, 3.05) is 10.1 Å². The lowest BCUT2D eigenvalue weighted by atomic mass is 10.2. The molecule has 1 amide bonds. The van der Waals surface area contributed by atoms with Crippen molar-refractivity contribution in [2.45, 2.75) is 6.54 Å². The second kappa shape index (κ2) is 8.22. The van der Waals surface area contributed by atoms with Crippen LogP contribution in [-0.4, -0.2) is 16.4 Å². The Balaban J connectivity index is 1.83. The van der Waals surface area contributed by atoms with E-state index in [1.807, 2.05) is 6.07 Å². The van der Waals surface area contributed by atoms with Crippen molar-refractivity contribution in [2.24, 2.45) is 0 Å². The van der Waals surface area contributed by atoms with E-state index in [9.17, 15) is 15.1 Å². The van der Waals surface area contributed by atoms with Crippen LogP contribution in [0.25, 0.3) is 0 Å². The predicted molar refractivity (Wildman–Crippen MR) is 101 cm³/mol. The van der Waals surface area contributed by atoms with Gasteiger partial charge in [-0.2, -0.15) is 0 Å². The normalized spacial score (nSPS) is 10.3. The van der Waals surface area contributed by atoms with E-state index < -0.39 is 6.09 Å². The van der Waals surface area contributed by atoms with Crippen molar-refractivity contribution in [3.05, 3.63) is 89.6 Å². The predicted octanol–water partition coefficient (Wildman–Crippen LogP) is 4.29. The fraction of sp³-hybridized carbons (Fsp3) is 0.0500. The number of benzene rings is 3. The van der Waals surface area contributed by atoms with Crippen molar-refractivity contribution >= 4 is 17.5 Å². The summed E-state index contributed by atoms with van der Waals surface area (Å²) in [5, 5.41) is 29.4. The molecule has 0 saturated heterocycles. The number of anilines is 2. The van der Waals surface area contributed by atoms with Crippen molar-refractivity contribution < 1.29 is 19.8 Å². The summed E-state index contributed by atoms with van der Waals surface area (Å²) in [6.07, 6.45) is -0.653. The second-order valence-corrected chi connectivity index (χ2v) is 5.69. The Kier molecular flexibility index (Phi) is 5.55. The van der Waals surface area contributed by atoms with Crippen LogP contribution in [-0.2, 0) is 6.54 Å². The molecular formula is C20H17N2O5-. The summed E-state index contributed by atoms with van der Waals surface area (Å²) in [5.41, 5.74) is 1.18. The van der Waals surface area contributed by atoms with E-state index in [1.165, 1.54) is 29.2 Å². The average molecular weight is 365 g/mol. The third-order valence-corrected chi connectivity index (χ3v) is 3.87. The van der Waals surface area contributed by atoms with Gasteiger partial charge in [-0.05, 0) is 42.5 Å². The zero-order valence-electron chi connectivity index (χ0n) is 14.2. The third-order valence-electron chi connectivity index (χ3n) is 3.87. The molecule has 3 rings (SSSR count). The van der Waals surface area contributed by atoms with Gasteiger partial charge in [0.25, 0.3) is 0 Å². The lowest BCUT2D eigenvalue weighted by Crippen LogP contribution is -2.33. The van der Waals surface area contributed by atoms with Crippen molar-refractivity contribution in [1.82, 2.24) is 0 Å². The van der Waals surface area contributed by atoms with Gasteiger partial charge in [0.1, 0.15) is 11.5 Å².